The van der Waals surface area contributed by atoms with Gasteiger partial charge in [0.1, 0.15) is 5.82 Å². The number of piperidine rings is 1. The number of hydrogen-bond donors (Lipinski definition) is 1. The van der Waals surface area contributed by atoms with Crippen molar-refractivity contribution in [2.45, 2.75) is 25.0 Å². The average molecular weight is 277 g/mol. The quantitative estimate of drug-likeness (QED) is 0.891. The van der Waals surface area contributed by atoms with Crippen LogP contribution in [0, 0.1) is 0 Å². The van der Waals surface area contributed by atoms with Gasteiger partial charge in [-0.05, 0) is 25.0 Å². The number of anilines is 1. The minimum atomic E-state index is 0.220. The topological polar surface area (TPSA) is 46.6 Å². The number of pyridine rings is 1. The van der Waals surface area contributed by atoms with Crippen molar-refractivity contribution in [3.8, 4) is 0 Å². The first-order valence-electron chi connectivity index (χ1n) is 7.50. The molecular formula is C15H23N3O2. The van der Waals surface area contributed by atoms with E-state index in [1.54, 1.807) is 0 Å². The molecule has 2 fully saturated rings. The second-order valence-corrected chi connectivity index (χ2v) is 5.43. The van der Waals surface area contributed by atoms with Gasteiger partial charge in [-0.1, -0.05) is 6.07 Å². The van der Waals surface area contributed by atoms with Gasteiger partial charge in [-0.15, -0.1) is 0 Å². The SMILES string of the molecule is c1ccc(N2CCC(NCC3COCCO3)CC2)nc1. The molecule has 1 N–H and O–H groups in total. The summed E-state index contributed by atoms with van der Waals surface area (Å²) < 4.78 is 11.1. The van der Waals surface area contributed by atoms with E-state index < -0.39 is 0 Å². The summed E-state index contributed by atoms with van der Waals surface area (Å²) in [5.41, 5.74) is 0. The molecule has 0 aliphatic carbocycles. The first kappa shape index (κ1) is 13.8. The molecule has 5 nitrogen and oxygen atoms in total. The van der Waals surface area contributed by atoms with Gasteiger partial charge in [0, 0.05) is 31.9 Å². The van der Waals surface area contributed by atoms with Crippen LogP contribution < -0.4 is 10.2 Å². The smallest absolute Gasteiger partial charge is 0.128 e. The van der Waals surface area contributed by atoms with Crippen molar-refractivity contribution in [1.29, 1.82) is 0 Å². The molecule has 2 saturated heterocycles. The minimum Gasteiger partial charge on any atom is -0.376 e. The Hall–Kier alpha value is -1.17. The van der Waals surface area contributed by atoms with E-state index in [1.165, 1.54) is 0 Å². The van der Waals surface area contributed by atoms with E-state index in [-0.39, 0.29) is 6.10 Å². The Kier molecular flexibility index (Phi) is 4.84. The molecule has 2 aliphatic rings. The zero-order valence-electron chi connectivity index (χ0n) is 11.8. The molecule has 1 atom stereocenters. The molecule has 3 heterocycles. The van der Waals surface area contributed by atoms with Crippen LogP contribution >= 0.6 is 0 Å². The summed E-state index contributed by atoms with van der Waals surface area (Å²) in [4.78, 5) is 6.78. The third-order valence-electron chi connectivity index (χ3n) is 3.99. The van der Waals surface area contributed by atoms with Crippen molar-refractivity contribution in [1.82, 2.24) is 10.3 Å². The van der Waals surface area contributed by atoms with Gasteiger partial charge in [-0.2, -0.15) is 0 Å². The largest absolute Gasteiger partial charge is 0.376 e. The fourth-order valence-electron chi connectivity index (χ4n) is 2.81. The van der Waals surface area contributed by atoms with Gasteiger partial charge in [-0.3, -0.25) is 0 Å². The third-order valence-corrected chi connectivity index (χ3v) is 3.99. The van der Waals surface area contributed by atoms with E-state index in [1.807, 2.05) is 18.3 Å². The predicted octanol–water partition coefficient (Wildman–Crippen LogP) is 1.06. The van der Waals surface area contributed by atoms with E-state index in [0.717, 1.165) is 58.1 Å². The van der Waals surface area contributed by atoms with Gasteiger partial charge in [0.25, 0.3) is 0 Å². The summed E-state index contributed by atoms with van der Waals surface area (Å²) >= 11 is 0. The molecule has 5 heteroatoms. The lowest BCUT2D eigenvalue weighted by Crippen LogP contribution is -2.46. The highest BCUT2D eigenvalue weighted by atomic mass is 16.6. The molecule has 0 amide bonds. The lowest BCUT2D eigenvalue weighted by molar-refractivity contribution is -0.0872. The summed E-state index contributed by atoms with van der Waals surface area (Å²) in [5, 5.41) is 3.61. The summed E-state index contributed by atoms with van der Waals surface area (Å²) in [5.74, 6) is 1.09. The van der Waals surface area contributed by atoms with Crippen LogP contribution in [0.2, 0.25) is 0 Å². The van der Waals surface area contributed by atoms with Gasteiger partial charge in [-0.25, -0.2) is 4.98 Å². The fourth-order valence-corrected chi connectivity index (χ4v) is 2.81. The number of nitrogens with zero attached hydrogens (tertiary/aromatic N) is 2. The standard InChI is InChI=1S/C15H23N3O2/c1-2-6-16-15(3-1)18-7-4-13(5-8-18)17-11-14-12-19-9-10-20-14/h1-3,6,13-14,17H,4-5,7-12H2. The van der Waals surface area contributed by atoms with Crippen LogP contribution in [-0.4, -0.2) is 56.6 Å². The molecule has 0 aromatic carbocycles. The van der Waals surface area contributed by atoms with E-state index in [0.29, 0.717) is 6.04 Å². The average Bonchev–Trinajstić information content (AvgIpc) is 2.55. The van der Waals surface area contributed by atoms with Gasteiger partial charge >= 0.3 is 0 Å². The number of aromatic nitrogens is 1. The molecule has 0 spiro atoms. The van der Waals surface area contributed by atoms with Gasteiger partial charge in [0.2, 0.25) is 0 Å². The molecular weight excluding hydrogens is 254 g/mol. The second kappa shape index (κ2) is 7.02. The maximum absolute atomic E-state index is 5.65. The Morgan fingerprint density at radius 2 is 2.15 bits per heavy atom. The van der Waals surface area contributed by atoms with Crippen LogP contribution in [0.25, 0.3) is 0 Å². The number of nitrogens with one attached hydrogen (secondary N) is 1. The van der Waals surface area contributed by atoms with Crippen LogP contribution in [0.3, 0.4) is 0 Å². The first-order valence-corrected chi connectivity index (χ1v) is 7.50. The van der Waals surface area contributed by atoms with E-state index in [4.69, 9.17) is 9.47 Å². The zero-order chi connectivity index (χ0) is 13.6. The van der Waals surface area contributed by atoms with Crippen molar-refractivity contribution in [3.63, 3.8) is 0 Å². The lowest BCUT2D eigenvalue weighted by Gasteiger charge is -2.34. The molecule has 0 radical (unpaired) electrons. The molecule has 0 bridgehead atoms. The molecule has 110 valence electrons. The maximum atomic E-state index is 5.65. The lowest BCUT2D eigenvalue weighted by atomic mass is 10.0. The number of ether oxygens (including phenoxy) is 2. The molecule has 2 aliphatic heterocycles. The normalized spacial score (nSPS) is 24.8. The molecule has 3 rings (SSSR count). The molecule has 1 aromatic heterocycles. The van der Waals surface area contributed by atoms with Crippen molar-refractivity contribution < 1.29 is 9.47 Å². The van der Waals surface area contributed by atoms with Crippen molar-refractivity contribution in [2.75, 3.05) is 44.4 Å². The Morgan fingerprint density at radius 1 is 1.25 bits per heavy atom. The highest BCUT2D eigenvalue weighted by molar-refractivity contribution is 5.38. The number of hydrogen-bond acceptors (Lipinski definition) is 5. The molecule has 1 aromatic rings. The van der Waals surface area contributed by atoms with Gasteiger partial charge in [0.15, 0.2) is 0 Å². The van der Waals surface area contributed by atoms with Crippen LogP contribution in [0.15, 0.2) is 24.4 Å². The van der Waals surface area contributed by atoms with E-state index >= 15 is 0 Å². The van der Waals surface area contributed by atoms with E-state index in [2.05, 4.69) is 21.3 Å². The Bertz CT molecular complexity index is 387. The monoisotopic (exact) mass is 277 g/mol. The summed E-state index contributed by atoms with van der Waals surface area (Å²) in [6, 6.07) is 6.68. The molecule has 0 saturated carbocycles. The van der Waals surface area contributed by atoms with Crippen LogP contribution in [0.1, 0.15) is 12.8 Å². The molecule has 1 unspecified atom stereocenters. The van der Waals surface area contributed by atoms with Crippen molar-refractivity contribution in [3.05, 3.63) is 24.4 Å². The Labute approximate surface area is 120 Å². The maximum Gasteiger partial charge on any atom is 0.128 e. The summed E-state index contributed by atoms with van der Waals surface area (Å²) in [7, 11) is 0. The zero-order valence-corrected chi connectivity index (χ0v) is 11.8. The Balaban J connectivity index is 1.40. The van der Waals surface area contributed by atoms with Crippen molar-refractivity contribution in [2.24, 2.45) is 0 Å². The van der Waals surface area contributed by atoms with Crippen LogP contribution in [0.5, 0.6) is 0 Å². The van der Waals surface area contributed by atoms with Gasteiger partial charge in [0.05, 0.1) is 25.9 Å². The highest BCUT2D eigenvalue weighted by Gasteiger charge is 2.21. The fraction of sp³-hybridized carbons (Fsp3) is 0.667. The van der Waals surface area contributed by atoms with Crippen LogP contribution in [-0.2, 0) is 9.47 Å². The first-order chi connectivity index (χ1) is 9.92. The van der Waals surface area contributed by atoms with Gasteiger partial charge < -0.3 is 19.7 Å². The van der Waals surface area contributed by atoms with Crippen LogP contribution in [0.4, 0.5) is 5.82 Å². The third kappa shape index (κ3) is 3.69. The Morgan fingerprint density at radius 3 is 2.85 bits per heavy atom. The van der Waals surface area contributed by atoms with Crippen molar-refractivity contribution >= 4 is 5.82 Å². The highest BCUT2D eigenvalue weighted by Crippen LogP contribution is 2.17. The van der Waals surface area contributed by atoms with E-state index in [9.17, 15) is 0 Å². The molecule has 20 heavy (non-hydrogen) atoms. The predicted molar refractivity (Wildman–Crippen MR) is 78.0 cm³/mol. The number of rotatable bonds is 4. The summed E-state index contributed by atoms with van der Waals surface area (Å²) in [6.07, 6.45) is 4.39. The minimum absolute atomic E-state index is 0.220. The summed E-state index contributed by atoms with van der Waals surface area (Å²) in [6.45, 7) is 5.21. The second-order valence-electron chi connectivity index (χ2n) is 5.43.